The monoisotopic (exact) mass is 297 g/mol. The SMILES string of the molecule is CCN1CCC(Nc2ccccc2S(=O)(=O)NC)CC1. The van der Waals surface area contributed by atoms with E-state index in [4.69, 9.17) is 0 Å². The predicted octanol–water partition coefficient (Wildman–Crippen LogP) is 1.49. The maximum Gasteiger partial charge on any atom is 0.242 e. The fourth-order valence-electron chi connectivity index (χ4n) is 2.54. The average molecular weight is 297 g/mol. The van der Waals surface area contributed by atoms with E-state index in [1.54, 1.807) is 12.1 Å². The van der Waals surface area contributed by atoms with Gasteiger partial charge in [-0.1, -0.05) is 19.1 Å². The summed E-state index contributed by atoms with van der Waals surface area (Å²) >= 11 is 0. The van der Waals surface area contributed by atoms with Gasteiger partial charge in [0.25, 0.3) is 0 Å². The van der Waals surface area contributed by atoms with Gasteiger partial charge >= 0.3 is 0 Å². The van der Waals surface area contributed by atoms with Crippen molar-refractivity contribution in [3.63, 3.8) is 0 Å². The molecule has 0 aliphatic carbocycles. The van der Waals surface area contributed by atoms with Crippen molar-refractivity contribution >= 4 is 15.7 Å². The Balaban J connectivity index is 2.11. The van der Waals surface area contributed by atoms with Gasteiger partial charge < -0.3 is 10.2 Å². The number of para-hydroxylation sites is 1. The molecule has 0 aromatic heterocycles. The van der Waals surface area contributed by atoms with Crippen LogP contribution >= 0.6 is 0 Å². The normalized spacial score (nSPS) is 18.1. The molecule has 0 bridgehead atoms. The molecule has 20 heavy (non-hydrogen) atoms. The summed E-state index contributed by atoms with van der Waals surface area (Å²) in [4.78, 5) is 2.73. The molecule has 1 fully saturated rings. The molecule has 0 saturated carbocycles. The number of piperidine rings is 1. The first kappa shape index (κ1) is 15.3. The highest BCUT2D eigenvalue weighted by atomic mass is 32.2. The van der Waals surface area contributed by atoms with Gasteiger partial charge in [-0.15, -0.1) is 0 Å². The number of nitrogens with one attached hydrogen (secondary N) is 2. The molecule has 5 nitrogen and oxygen atoms in total. The highest BCUT2D eigenvalue weighted by molar-refractivity contribution is 7.89. The Morgan fingerprint density at radius 3 is 2.50 bits per heavy atom. The van der Waals surface area contributed by atoms with Gasteiger partial charge in [-0.3, -0.25) is 0 Å². The predicted molar refractivity (Wildman–Crippen MR) is 81.4 cm³/mol. The summed E-state index contributed by atoms with van der Waals surface area (Å²) in [7, 11) is -1.98. The number of hydrogen-bond donors (Lipinski definition) is 2. The number of benzene rings is 1. The quantitative estimate of drug-likeness (QED) is 0.864. The van der Waals surface area contributed by atoms with Crippen LogP contribution < -0.4 is 10.0 Å². The summed E-state index contributed by atoms with van der Waals surface area (Å²) in [6.07, 6.45) is 2.09. The Hall–Kier alpha value is -1.11. The van der Waals surface area contributed by atoms with Gasteiger partial charge in [-0.25, -0.2) is 13.1 Å². The molecule has 0 radical (unpaired) electrons. The molecule has 112 valence electrons. The second kappa shape index (κ2) is 6.56. The van der Waals surface area contributed by atoms with Crippen molar-refractivity contribution in [1.29, 1.82) is 0 Å². The summed E-state index contributed by atoms with van der Waals surface area (Å²) in [5.41, 5.74) is 0.691. The Labute approximate surface area is 121 Å². The van der Waals surface area contributed by atoms with Gasteiger partial charge in [-0.2, -0.15) is 0 Å². The number of anilines is 1. The molecule has 6 heteroatoms. The number of rotatable bonds is 5. The van der Waals surface area contributed by atoms with Gasteiger partial charge in [0.15, 0.2) is 0 Å². The maximum absolute atomic E-state index is 12.0. The molecule has 0 amide bonds. The van der Waals surface area contributed by atoms with Crippen LogP contribution in [0.1, 0.15) is 19.8 Å². The number of sulfonamides is 1. The van der Waals surface area contributed by atoms with Gasteiger partial charge in [-0.05, 0) is 38.6 Å². The minimum absolute atomic E-state index is 0.320. The molecular weight excluding hydrogens is 274 g/mol. The molecule has 2 rings (SSSR count). The largest absolute Gasteiger partial charge is 0.381 e. The molecule has 1 aliphatic rings. The highest BCUT2D eigenvalue weighted by Crippen LogP contribution is 2.23. The lowest BCUT2D eigenvalue weighted by molar-refractivity contribution is 0.229. The summed E-state index contributed by atoms with van der Waals surface area (Å²) in [5.74, 6) is 0. The molecule has 0 spiro atoms. The van der Waals surface area contributed by atoms with Crippen molar-refractivity contribution in [2.24, 2.45) is 0 Å². The summed E-state index contributed by atoms with van der Waals surface area (Å²) in [6.45, 7) is 5.38. The van der Waals surface area contributed by atoms with E-state index in [9.17, 15) is 8.42 Å². The molecule has 0 atom stereocenters. The van der Waals surface area contributed by atoms with E-state index in [2.05, 4.69) is 21.9 Å². The van der Waals surface area contributed by atoms with E-state index in [1.165, 1.54) is 7.05 Å². The third-order valence-corrected chi connectivity index (χ3v) is 5.31. The van der Waals surface area contributed by atoms with Crippen LogP contribution in [0.3, 0.4) is 0 Å². The Morgan fingerprint density at radius 1 is 1.25 bits per heavy atom. The van der Waals surface area contributed by atoms with E-state index in [0.717, 1.165) is 32.5 Å². The van der Waals surface area contributed by atoms with Gasteiger partial charge in [0.2, 0.25) is 10.0 Å². The zero-order valence-corrected chi connectivity index (χ0v) is 12.9. The zero-order valence-electron chi connectivity index (χ0n) is 12.1. The topological polar surface area (TPSA) is 61.4 Å². The highest BCUT2D eigenvalue weighted by Gasteiger charge is 2.21. The zero-order chi connectivity index (χ0) is 14.6. The van der Waals surface area contributed by atoms with Crippen molar-refractivity contribution in [2.45, 2.75) is 30.7 Å². The van der Waals surface area contributed by atoms with Crippen LogP contribution in [0.15, 0.2) is 29.2 Å². The molecule has 0 unspecified atom stereocenters. The van der Waals surface area contributed by atoms with E-state index >= 15 is 0 Å². The fraction of sp³-hybridized carbons (Fsp3) is 0.571. The van der Waals surface area contributed by atoms with Crippen LogP contribution in [-0.2, 0) is 10.0 Å². The third kappa shape index (κ3) is 3.50. The molecule has 1 aromatic carbocycles. The van der Waals surface area contributed by atoms with Crippen molar-refractivity contribution < 1.29 is 8.42 Å². The van der Waals surface area contributed by atoms with Gasteiger partial charge in [0.05, 0.1) is 5.69 Å². The van der Waals surface area contributed by atoms with Crippen LogP contribution in [0.5, 0.6) is 0 Å². The Bertz CT molecular complexity index is 537. The average Bonchev–Trinajstić information content (AvgIpc) is 2.48. The van der Waals surface area contributed by atoms with Gasteiger partial charge in [0, 0.05) is 19.1 Å². The van der Waals surface area contributed by atoms with Gasteiger partial charge in [0.1, 0.15) is 4.90 Å². The number of nitrogens with zero attached hydrogens (tertiary/aromatic N) is 1. The fourth-order valence-corrected chi connectivity index (χ4v) is 3.44. The minimum atomic E-state index is -3.42. The summed E-state index contributed by atoms with van der Waals surface area (Å²) in [5, 5.41) is 3.39. The third-order valence-electron chi connectivity index (χ3n) is 3.84. The smallest absolute Gasteiger partial charge is 0.242 e. The molecule has 2 N–H and O–H groups in total. The first-order valence-corrected chi connectivity index (χ1v) is 8.56. The number of hydrogen-bond acceptors (Lipinski definition) is 4. The number of likely N-dealkylation sites (tertiary alicyclic amines) is 1. The Morgan fingerprint density at radius 2 is 1.90 bits per heavy atom. The molecular formula is C14H23N3O2S. The van der Waals surface area contributed by atoms with E-state index in [0.29, 0.717) is 16.6 Å². The maximum atomic E-state index is 12.0. The van der Waals surface area contributed by atoms with E-state index in [-0.39, 0.29) is 0 Å². The van der Waals surface area contributed by atoms with Crippen LogP contribution in [0.2, 0.25) is 0 Å². The second-order valence-electron chi connectivity index (χ2n) is 5.06. The molecule has 1 heterocycles. The van der Waals surface area contributed by atoms with Crippen molar-refractivity contribution in [3.05, 3.63) is 24.3 Å². The lowest BCUT2D eigenvalue weighted by Gasteiger charge is -2.32. The first-order chi connectivity index (χ1) is 9.56. The lowest BCUT2D eigenvalue weighted by Crippen LogP contribution is -2.39. The van der Waals surface area contributed by atoms with Crippen molar-refractivity contribution in [3.8, 4) is 0 Å². The summed E-state index contributed by atoms with van der Waals surface area (Å²) in [6, 6.07) is 7.41. The lowest BCUT2D eigenvalue weighted by atomic mass is 10.0. The van der Waals surface area contributed by atoms with Crippen LogP contribution in [0, 0.1) is 0 Å². The van der Waals surface area contributed by atoms with Crippen molar-refractivity contribution in [2.75, 3.05) is 32.0 Å². The standard InChI is InChI=1S/C14H23N3O2S/c1-3-17-10-8-12(9-11-17)16-13-6-4-5-7-14(13)20(18,19)15-2/h4-7,12,15-16H,3,8-11H2,1-2H3. The molecule has 1 saturated heterocycles. The second-order valence-corrected chi connectivity index (χ2v) is 6.91. The van der Waals surface area contributed by atoms with Crippen LogP contribution in [0.4, 0.5) is 5.69 Å². The minimum Gasteiger partial charge on any atom is -0.381 e. The summed E-state index contributed by atoms with van der Waals surface area (Å²) < 4.78 is 26.4. The van der Waals surface area contributed by atoms with Crippen molar-refractivity contribution in [1.82, 2.24) is 9.62 Å². The van der Waals surface area contributed by atoms with E-state index in [1.807, 2.05) is 12.1 Å². The van der Waals surface area contributed by atoms with Crippen LogP contribution in [-0.4, -0.2) is 46.0 Å². The molecule has 1 aromatic rings. The first-order valence-electron chi connectivity index (χ1n) is 7.08. The van der Waals surface area contributed by atoms with E-state index < -0.39 is 10.0 Å². The van der Waals surface area contributed by atoms with Crippen LogP contribution in [0.25, 0.3) is 0 Å². The molecule has 1 aliphatic heterocycles. The Kier molecular flexibility index (Phi) is 5.01.